The summed E-state index contributed by atoms with van der Waals surface area (Å²) in [5.41, 5.74) is 0. The van der Waals surface area contributed by atoms with Gasteiger partial charge in [-0.25, -0.2) is 0 Å². The highest BCUT2D eigenvalue weighted by Gasteiger charge is 2.38. The van der Waals surface area contributed by atoms with Gasteiger partial charge in [0, 0.05) is 37.8 Å². The molecule has 0 bridgehead atoms. The van der Waals surface area contributed by atoms with Gasteiger partial charge < -0.3 is 10.2 Å². The summed E-state index contributed by atoms with van der Waals surface area (Å²) in [5.74, 6) is 0.616. The Morgan fingerprint density at radius 1 is 1.16 bits per heavy atom. The molecule has 0 aromatic rings. The van der Waals surface area contributed by atoms with E-state index >= 15 is 0 Å². The predicted octanol–water partition coefficient (Wildman–Crippen LogP) is 1.07. The predicted molar refractivity (Wildman–Crippen MR) is 76.0 cm³/mol. The minimum Gasteiger partial charge on any atom is -0.337 e. The van der Waals surface area contributed by atoms with Crippen molar-refractivity contribution in [3.05, 3.63) is 0 Å². The fraction of sp³-hybridized carbons (Fsp3) is 0.933. The van der Waals surface area contributed by atoms with Crippen molar-refractivity contribution in [1.29, 1.82) is 0 Å². The zero-order valence-corrected chi connectivity index (χ0v) is 12.3. The van der Waals surface area contributed by atoms with Crippen molar-refractivity contribution in [3.63, 3.8) is 0 Å². The zero-order chi connectivity index (χ0) is 13.4. The first-order valence-corrected chi connectivity index (χ1v) is 7.93. The second-order valence-corrected chi connectivity index (χ2v) is 6.71. The normalized spacial score (nSPS) is 40.2. The van der Waals surface area contributed by atoms with Gasteiger partial charge in [-0.1, -0.05) is 0 Å². The van der Waals surface area contributed by atoms with Crippen LogP contribution in [0.5, 0.6) is 0 Å². The Bertz CT molecular complexity index is 338. The van der Waals surface area contributed by atoms with Gasteiger partial charge in [0.15, 0.2) is 0 Å². The third-order valence-electron chi connectivity index (χ3n) is 5.23. The highest BCUT2D eigenvalue weighted by atomic mass is 16.2. The molecular formula is C15H27N3O. The molecule has 3 aliphatic heterocycles. The molecule has 19 heavy (non-hydrogen) atoms. The van der Waals surface area contributed by atoms with Gasteiger partial charge in [-0.2, -0.15) is 0 Å². The van der Waals surface area contributed by atoms with E-state index in [9.17, 15) is 4.79 Å². The summed E-state index contributed by atoms with van der Waals surface area (Å²) in [6.07, 6.45) is 4.77. The molecule has 0 aromatic heterocycles. The van der Waals surface area contributed by atoms with Crippen LogP contribution in [0.25, 0.3) is 0 Å². The average molecular weight is 265 g/mol. The zero-order valence-electron chi connectivity index (χ0n) is 12.3. The maximum atomic E-state index is 12.7. The van der Waals surface area contributed by atoms with E-state index in [-0.39, 0.29) is 5.92 Å². The summed E-state index contributed by atoms with van der Waals surface area (Å²) < 4.78 is 0. The van der Waals surface area contributed by atoms with Crippen LogP contribution in [0.2, 0.25) is 0 Å². The second kappa shape index (κ2) is 5.41. The number of carbonyl (C=O) groups excluding carboxylic acids is 1. The van der Waals surface area contributed by atoms with E-state index in [1.165, 1.54) is 19.4 Å². The fourth-order valence-corrected chi connectivity index (χ4v) is 3.94. The minimum absolute atomic E-state index is 0.214. The molecule has 3 fully saturated rings. The number of nitrogens with zero attached hydrogens (tertiary/aromatic N) is 2. The summed E-state index contributed by atoms with van der Waals surface area (Å²) in [5, 5.41) is 3.46. The average Bonchev–Trinajstić information content (AvgIpc) is 2.85. The van der Waals surface area contributed by atoms with Crippen LogP contribution in [-0.2, 0) is 4.79 Å². The molecule has 4 unspecified atom stereocenters. The van der Waals surface area contributed by atoms with E-state index in [0.717, 1.165) is 32.5 Å². The molecule has 0 saturated carbocycles. The van der Waals surface area contributed by atoms with Crippen molar-refractivity contribution in [1.82, 2.24) is 15.1 Å². The van der Waals surface area contributed by atoms with Crippen LogP contribution in [0.4, 0.5) is 0 Å². The molecule has 4 heteroatoms. The number of piperidine rings is 1. The Balaban J connectivity index is 1.62. The van der Waals surface area contributed by atoms with E-state index in [1.54, 1.807) is 0 Å². The molecule has 3 aliphatic rings. The van der Waals surface area contributed by atoms with Gasteiger partial charge in [-0.05, 0) is 46.1 Å². The third-order valence-corrected chi connectivity index (χ3v) is 5.23. The van der Waals surface area contributed by atoms with Gasteiger partial charge in [-0.3, -0.25) is 9.69 Å². The van der Waals surface area contributed by atoms with Gasteiger partial charge >= 0.3 is 0 Å². The Morgan fingerprint density at radius 3 is 2.74 bits per heavy atom. The van der Waals surface area contributed by atoms with Gasteiger partial charge in [0.25, 0.3) is 0 Å². The summed E-state index contributed by atoms with van der Waals surface area (Å²) in [7, 11) is 0. The van der Waals surface area contributed by atoms with Crippen molar-refractivity contribution in [3.8, 4) is 0 Å². The van der Waals surface area contributed by atoms with Gasteiger partial charge in [0.05, 0.1) is 5.92 Å². The van der Waals surface area contributed by atoms with Crippen LogP contribution in [0.1, 0.15) is 39.5 Å². The number of amides is 1. The number of nitrogens with one attached hydrogen (secondary N) is 1. The van der Waals surface area contributed by atoms with Crippen LogP contribution >= 0.6 is 0 Å². The smallest absolute Gasteiger partial charge is 0.227 e. The first-order chi connectivity index (χ1) is 9.15. The monoisotopic (exact) mass is 265 g/mol. The lowest BCUT2D eigenvalue weighted by molar-refractivity contribution is -0.141. The molecule has 4 nitrogen and oxygen atoms in total. The van der Waals surface area contributed by atoms with Crippen LogP contribution in [0.15, 0.2) is 0 Å². The summed E-state index contributed by atoms with van der Waals surface area (Å²) >= 11 is 0. The quantitative estimate of drug-likeness (QED) is 0.770. The molecule has 3 heterocycles. The lowest BCUT2D eigenvalue weighted by atomic mass is 9.93. The molecule has 3 rings (SSSR count). The molecule has 0 spiro atoms. The summed E-state index contributed by atoms with van der Waals surface area (Å²) in [6.45, 7) is 8.57. The van der Waals surface area contributed by atoms with Crippen LogP contribution in [0, 0.1) is 5.92 Å². The standard InChI is InChI=1S/C15H27N3O/c1-11-5-6-13(8-16-11)15(19)18-10-14-4-3-7-17(14)9-12(18)2/h11-14,16H,3-10H2,1-2H3. The summed E-state index contributed by atoms with van der Waals surface area (Å²) in [4.78, 5) is 17.5. The van der Waals surface area contributed by atoms with Gasteiger partial charge in [0.2, 0.25) is 5.91 Å². The highest BCUT2D eigenvalue weighted by Crippen LogP contribution is 2.27. The first kappa shape index (κ1) is 13.4. The number of carbonyl (C=O) groups is 1. The van der Waals surface area contributed by atoms with Crippen molar-refractivity contribution in [2.45, 2.75) is 57.7 Å². The Hall–Kier alpha value is -0.610. The van der Waals surface area contributed by atoms with Crippen molar-refractivity contribution < 1.29 is 4.79 Å². The molecule has 1 amide bonds. The highest BCUT2D eigenvalue weighted by molar-refractivity contribution is 5.79. The third kappa shape index (κ3) is 2.65. The second-order valence-electron chi connectivity index (χ2n) is 6.71. The molecule has 0 radical (unpaired) electrons. The molecule has 1 N–H and O–H groups in total. The fourth-order valence-electron chi connectivity index (χ4n) is 3.94. The summed E-state index contributed by atoms with van der Waals surface area (Å²) in [6, 6.07) is 1.60. The molecule has 108 valence electrons. The van der Waals surface area contributed by atoms with Crippen LogP contribution in [-0.4, -0.2) is 60.0 Å². The molecule has 0 aromatic carbocycles. The maximum Gasteiger partial charge on any atom is 0.227 e. The first-order valence-electron chi connectivity index (χ1n) is 7.93. The van der Waals surface area contributed by atoms with E-state index < -0.39 is 0 Å². The van der Waals surface area contributed by atoms with Crippen molar-refractivity contribution in [2.75, 3.05) is 26.2 Å². The van der Waals surface area contributed by atoms with E-state index in [0.29, 0.717) is 24.0 Å². The van der Waals surface area contributed by atoms with Gasteiger partial charge in [0.1, 0.15) is 0 Å². The Kier molecular flexibility index (Phi) is 3.81. The van der Waals surface area contributed by atoms with E-state index in [1.807, 2.05) is 0 Å². The maximum absolute atomic E-state index is 12.7. The lowest BCUT2D eigenvalue weighted by Crippen LogP contribution is -2.59. The number of hydrogen-bond donors (Lipinski definition) is 1. The van der Waals surface area contributed by atoms with E-state index in [4.69, 9.17) is 0 Å². The molecule has 3 saturated heterocycles. The molecule has 0 aliphatic carbocycles. The molecule has 4 atom stereocenters. The SMILES string of the molecule is CC1CCC(C(=O)N2CC3CCCN3CC2C)CN1. The van der Waals surface area contributed by atoms with Crippen molar-refractivity contribution >= 4 is 5.91 Å². The topological polar surface area (TPSA) is 35.6 Å². The largest absolute Gasteiger partial charge is 0.337 e. The number of rotatable bonds is 1. The van der Waals surface area contributed by atoms with Crippen LogP contribution < -0.4 is 5.32 Å². The van der Waals surface area contributed by atoms with Gasteiger partial charge in [-0.15, -0.1) is 0 Å². The van der Waals surface area contributed by atoms with Crippen molar-refractivity contribution in [2.24, 2.45) is 5.92 Å². The number of piperazine rings is 1. The Labute approximate surface area is 116 Å². The lowest BCUT2D eigenvalue weighted by Gasteiger charge is -2.44. The van der Waals surface area contributed by atoms with Crippen LogP contribution in [0.3, 0.4) is 0 Å². The number of hydrogen-bond acceptors (Lipinski definition) is 3. The minimum atomic E-state index is 0.214. The molecular weight excluding hydrogens is 238 g/mol. The Morgan fingerprint density at radius 2 is 2.00 bits per heavy atom. The number of fused-ring (bicyclic) bond motifs is 1. The van der Waals surface area contributed by atoms with E-state index in [2.05, 4.69) is 29.0 Å².